The molecule has 132 valence electrons. The molecule has 1 fully saturated rings. The number of carboxylic acid groups (broad SMARTS) is 1. The van der Waals surface area contributed by atoms with E-state index in [4.69, 9.17) is 0 Å². The summed E-state index contributed by atoms with van der Waals surface area (Å²) in [5, 5.41) is 22.0. The van der Waals surface area contributed by atoms with Crippen LogP contribution in [0.4, 0.5) is 0 Å². The van der Waals surface area contributed by atoms with Gasteiger partial charge in [0.2, 0.25) is 0 Å². The van der Waals surface area contributed by atoms with Gasteiger partial charge < -0.3 is 5.11 Å². The van der Waals surface area contributed by atoms with Crippen LogP contribution in [0.15, 0.2) is 60.7 Å². The largest absolute Gasteiger partial charge is 0.480 e. The number of nitrogens with zero attached hydrogens (tertiary/aromatic N) is 5. The summed E-state index contributed by atoms with van der Waals surface area (Å²) in [4.78, 5) is 13.8. The molecule has 0 amide bonds. The van der Waals surface area contributed by atoms with Gasteiger partial charge in [0.05, 0.1) is 11.7 Å². The summed E-state index contributed by atoms with van der Waals surface area (Å²) in [7, 11) is 0. The van der Waals surface area contributed by atoms with E-state index >= 15 is 0 Å². The number of hydrogen-bond donors (Lipinski definition) is 1. The molecule has 1 saturated heterocycles. The fraction of sp³-hybridized carbons (Fsp3) is 0.263. The number of rotatable bonds is 5. The van der Waals surface area contributed by atoms with Crippen molar-refractivity contribution < 1.29 is 9.90 Å². The van der Waals surface area contributed by atoms with Gasteiger partial charge in [0.25, 0.3) is 0 Å². The van der Waals surface area contributed by atoms with Crippen molar-refractivity contribution >= 4 is 5.97 Å². The van der Waals surface area contributed by atoms with Crippen molar-refractivity contribution in [3.05, 3.63) is 72.1 Å². The molecule has 2 heterocycles. The van der Waals surface area contributed by atoms with Crippen LogP contribution in [0.5, 0.6) is 0 Å². The van der Waals surface area contributed by atoms with Gasteiger partial charge in [-0.3, -0.25) is 9.69 Å². The van der Waals surface area contributed by atoms with E-state index in [-0.39, 0.29) is 6.04 Å². The molecule has 0 saturated carbocycles. The van der Waals surface area contributed by atoms with Gasteiger partial charge in [-0.15, -0.1) is 5.10 Å². The number of carboxylic acids is 1. The highest BCUT2D eigenvalue weighted by Crippen LogP contribution is 2.34. The standard InChI is InChI=1S/C19H19N5O2/c25-19(26)16-12-7-13-23(16)17(14-8-3-1-4-9-14)18-20-21-22-24(18)15-10-5-2-6-11-15/h1-6,8-11,16-17H,7,12-13H2,(H,25,26). The molecule has 0 bridgehead atoms. The van der Waals surface area contributed by atoms with Crippen LogP contribution in [-0.4, -0.2) is 48.8 Å². The molecule has 2 unspecified atom stereocenters. The smallest absolute Gasteiger partial charge is 0.320 e. The lowest BCUT2D eigenvalue weighted by Gasteiger charge is -2.30. The maximum atomic E-state index is 11.8. The van der Waals surface area contributed by atoms with E-state index in [0.717, 1.165) is 17.7 Å². The molecule has 26 heavy (non-hydrogen) atoms. The fourth-order valence-electron chi connectivity index (χ4n) is 3.61. The molecule has 7 nitrogen and oxygen atoms in total. The Bertz CT molecular complexity index is 881. The third-order valence-electron chi connectivity index (χ3n) is 4.77. The number of carbonyl (C=O) groups is 1. The number of aromatic nitrogens is 4. The first-order chi connectivity index (χ1) is 12.8. The van der Waals surface area contributed by atoms with Crippen LogP contribution in [0.25, 0.3) is 5.69 Å². The van der Waals surface area contributed by atoms with E-state index in [1.807, 2.05) is 65.6 Å². The van der Waals surface area contributed by atoms with Gasteiger partial charge in [0.1, 0.15) is 6.04 Å². The summed E-state index contributed by atoms with van der Waals surface area (Å²) in [6.45, 7) is 0.693. The Morgan fingerprint density at radius 2 is 1.77 bits per heavy atom. The van der Waals surface area contributed by atoms with Crippen molar-refractivity contribution in [1.29, 1.82) is 0 Å². The zero-order chi connectivity index (χ0) is 17.9. The molecule has 0 radical (unpaired) electrons. The third-order valence-corrected chi connectivity index (χ3v) is 4.77. The highest BCUT2D eigenvalue weighted by molar-refractivity contribution is 5.74. The van der Waals surface area contributed by atoms with E-state index in [1.54, 1.807) is 4.68 Å². The minimum Gasteiger partial charge on any atom is -0.480 e. The third kappa shape index (κ3) is 2.97. The van der Waals surface area contributed by atoms with Crippen LogP contribution in [0.1, 0.15) is 30.3 Å². The molecule has 3 aromatic rings. The topological polar surface area (TPSA) is 84.1 Å². The van der Waals surface area contributed by atoms with Crippen LogP contribution < -0.4 is 0 Å². The van der Waals surface area contributed by atoms with Gasteiger partial charge >= 0.3 is 5.97 Å². The van der Waals surface area contributed by atoms with Crippen molar-refractivity contribution in [1.82, 2.24) is 25.1 Å². The monoisotopic (exact) mass is 349 g/mol. The van der Waals surface area contributed by atoms with Gasteiger partial charge in [-0.05, 0) is 41.0 Å². The molecule has 0 spiro atoms. The van der Waals surface area contributed by atoms with Crippen molar-refractivity contribution in [3.8, 4) is 5.69 Å². The zero-order valence-corrected chi connectivity index (χ0v) is 14.1. The molecule has 1 aromatic heterocycles. The second-order valence-corrected chi connectivity index (χ2v) is 6.33. The summed E-state index contributed by atoms with van der Waals surface area (Å²) in [5.41, 5.74) is 1.83. The van der Waals surface area contributed by atoms with E-state index < -0.39 is 12.0 Å². The average molecular weight is 349 g/mol. The summed E-state index contributed by atoms with van der Waals surface area (Å²) in [6.07, 6.45) is 1.47. The highest BCUT2D eigenvalue weighted by atomic mass is 16.4. The maximum absolute atomic E-state index is 11.8. The van der Waals surface area contributed by atoms with Crippen LogP contribution in [-0.2, 0) is 4.79 Å². The summed E-state index contributed by atoms with van der Waals surface area (Å²) < 4.78 is 1.69. The first-order valence-electron chi connectivity index (χ1n) is 8.63. The van der Waals surface area contributed by atoms with Gasteiger partial charge in [-0.1, -0.05) is 48.5 Å². The van der Waals surface area contributed by atoms with Crippen molar-refractivity contribution in [2.24, 2.45) is 0 Å². The number of para-hydroxylation sites is 1. The van der Waals surface area contributed by atoms with Crippen molar-refractivity contribution in [2.75, 3.05) is 6.54 Å². The number of aliphatic carboxylic acids is 1. The summed E-state index contributed by atoms with van der Waals surface area (Å²) >= 11 is 0. The van der Waals surface area contributed by atoms with Gasteiger partial charge in [-0.2, -0.15) is 4.68 Å². The van der Waals surface area contributed by atoms with E-state index in [9.17, 15) is 9.90 Å². The first kappa shape index (κ1) is 16.4. The predicted molar refractivity (Wildman–Crippen MR) is 94.8 cm³/mol. The summed E-state index contributed by atoms with van der Waals surface area (Å²) in [5.74, 6) is -0.183. The minimum atomic E-state index is -0.804. The molecule has 1 aliphatic rings. The van der Waals surface area contributed by atoms with Crippen LogP contribution in [0, 0.1) is 0 Å². The Morgan fingerprint density at radius 3 is 2.46 bits per heavy atom. The molecule has 1 N–H and O–H groups in total. The Hall–Kier alpha value is -3.06. The molecule has 0 aliphatic carbocycles. The normalized spacial score (nSPS) is 18.7. The predicted octanol–water partition coefficient (Wildman–Crippen LogP) is 2.30. The highest BCUT2D eigenvalue weighted by Gasteiger charge is 2.39. The second-order valence-electron chi connectivity index (χ2n) is 6.33. The summed E-state index contributed by atoms with van der Waals surface area (Å²) in [6, 6.07) is 18.6. The zero-order valence-electron chi connectivity index (χ0n) is 14.1. The molecule has 4 rings (SSSR count). The Labute approximate surface area is 150 Å². The Morgan fingerprint density at radius 1 is 1.08 bits per heavy atom. The second kappa shape index (κ2) is 7.05. The van der Waals surface area contributed by atoms with Crippen LogP contribution in [0.3, 0.4) is 0 Å². The van der Waals surface area contributed by atoms with Gasteiger partial charge in [0, 0.05) is 6.54 Å². The average Bonchev–Trinajstić information content (AvgIpc) is 3.34. The van der Waals surface area contributed by atoms with Crippen molar-refractivity contribution in [3.63, 3.8) is 0 Å². The lowest BCUT2D eigenvalue weighted by molar-refractivity contribution is -0.142. The van der Waals surface area contributed by atoms with E-state index in [0.29, 0.717) is 18.8 Å². The van der Waals surface area contributed by atoms with Crippen LogP contribution in [0.2, 0.25) is 0 Å². The molecular formula is C19H19N5O2. The molecule has 2 aromatic carbocycles. The maximum Gasteiger partial charge on any atom is 0.320 e. The number of tetrazole rings is 1. The number of likely N-dealkylation sites (tertiary alicyclic amines) is 1. The number of hydrogen-bond acceptors (Lipinski definition) is 5. The quantitative estimate of drug-likeness (QED) is 0.761. The number of benzene rings is 2. The lowest BCUT2D eigenvalue weighted by Crippen LogP contribution is -2.40. The lowest BCUT2D eigenvalue weighted by atomic mass is 10.0. The van der Waals surface area contributed by atoms with E-state index in [1.165, 1.54) is 0 Å². The van der Waals surface area contributed by atoms with Crippen molar-refractivity contribution in [2.45, 2.75) is 24.9 Å². The fourth-order valence-corrected chi connectivity index (χ4v) is 3.61. The molecule has 7 heteroatoms. The molecule has 2 atom stereocenters. The van der Waals surface area contributed by atoms with Gasteiger partial charge in [-0.25, -0.2) is 0 Å². The minimum absolute atomic E-state index is 0.324. The molecular weight excluding hydrogens is 330 g/mol. The first-order valence-corrected chi connectivity index (χ1v) is 8.63. The van der Waals surface area contributed by atoms with E-state index in [2.05, 4.69) is 15.5 Å². The Kier molecular flexibility index (Phi) is 4.45. The van der Waals surface area contributed by atoms with Crippen LogP contribution >= 0.6 is 0 Å². The molecule has 1 aliphatic heterocycles. The van der Waals surface area contributed by atoms with Gasteiger partial charge in [0.15, 0.2) is 5.82 Å². The SMILES string of the molecule is O=C(O)C1CCCN1C(c1ccccc1)c1nnnn1-c1ccccc1. The Balaban J connectivity index is 1.83.